The van der Waals surface area contributed by atoms with Crippen molar-refractivity contribution in [3.05, 3.63) is 41.6 Å². The van der Waals surface area contributed by atoms with E-state index < -0.39 is 0 Å². The van der Waals surface area contributed by atoms with E-state index in [-0.39, 0.29) is 24.1 Å². The third-order valence-electron chi connectivity index (χ3n) is 5.88. The summed E-state index contributed by atoms with van der Waals surface area (Å²) in [6.45, 7) is 10.5. The van der Waals surface area contributed by atoms with Gasteiger partial charge in [0.1, 0.15) is 6.10 Å². The monoisotopic (exact) mass is 466 g/mol. The molecule has 10 nitrogen and oxygen atoms in total. The van der Waals surface area contributed by atoms with Crippen molar-refractivity contribution in [3.63, 3.8) is 0 Å². The number of ether oxygens (including phenoxy) is 1. The topological polar surface area (TPSA) is 118 Å². The molecule has 3 heterocycles. The number of benzene rings is 1. The lowest BCUT2D eigenvalue weighted by molar-refractivity contribution is 0.153. The van der Waals surface area contributed by atoms with Crippen molar-refractivity contribution in [1.29, 1.82) is 0 Å². The van der Waals surface area contributed by atoms with Crippen LogP contribution in [0.5, 0.6) is 6.01 Å². The van der Waals surface area contributed by atoms with Crippen molar-refractivity contribution in [1.82, 2.24) is 30.2 Å². The standard InChI is InChI=1S/C24H34N8O2/c1-5-26-23(33)29-20-11-7-6-10-18(20)16(4)28-22-31-24(34-17-9-8-12-25-13-17)30-21-19(15(2)3)14-27-32(21)22/h6-7,10-11,14-17,25H,5,8-9,12-13H2,1-4H3,(H2,26,29,33)(H,28,30,31)/t16?,17-/m1/s1. The lowest BCUT2D eigenvalue weighted by Gasteiger charge is -2.23. The van der Waals surface area contributed by atoms with Gasteiger partial charge in [0.15, 0.2) is 5.65 Å². The number of urea groups is 1. The van der Waals surface area contributed by atoms with Gasteiger partial charge in [-0.1, -0.05) is 32.0 Å². The number of amides is 2. The fourth-order valence-corrected chi connectivity index (χ4v) is 4.08. The Morgan fingerprint density at radius 3 is 2.79 bits per heavy atom. The van der Waals surface area contributed by atoms with Crippen LogP contribution in [0.3, 0.4) is 0 Å². The Hall–Kier alpha value is -3.40. The number of fused-ring (bicyclic) bond motifs is 1. The molecule has 4 N–H and O–H groups in total. The molecule has 0 radical (unpaired) electrons. The minimum atomic E-state index is -0.239. The van der Waals surface area contributed by atoms with Gasteiger partial charge in [-0.2, -0.15) is 19.6 Å². The Kier molecular flexibility index (Phi) is 7.46. The Morgan fingerprint density at radius 1 is 1.24 bits per heavy atom. The number of carbonyl (C=O) groups excluding carboxylic acids is 1. The summed E-state index contributed by atoms with van der Waals surface area (Å²) < 4.78 is 7.89. The molecule has 2 amide bonds. The van der Waals surface area contributed by atoms with Gasteiger partial charge in [0.25, 0.3) is 0 Å². The number of rotatable bonds is 8. The molecule has 1 aromatic carbocycles. The van der Waals surface area contributed by atoms with Crippen LogP contribution in [0.25, 0.3) is 5.65 Å². The highest BCUT2D eigenvalue weighted by molar-refractivity contribution is 5.90. The fourth-order valence-electron chi connectivity index (χ4n) is 4.08. The summed E-state index contributed by atoms with van der Waals surface area (Å²) in [4.78, 5) is 21.5. The molecule has 0 aliphatic carbocycles. The molecule has 1 saturated heterocycles. The van der Waals surface area contributed by atoms with Crippen LogP contribution in [-0.2, 0) is 0 Å². The van der Waals surface area contributed by atoms with Gasteiger partial charge >= 0.3 is 12.0 Å². The first-order valence-electron chi connectivity index (χ1n) is 12.0. The number of hydrogen-bond donors (Lipinski definition) is 4. The molecule has 0 spiro atoms. The van der Waals surface area contributed by atoms with Crippen LogP contribution in [0.1, 0.15) is 63.6 Å². The van der Waals surface area contributed by atoms with Crippen LogP contribution >= 0.6 is 0 Å². The summed E-state index contributed by atoms with van der Waals surface area (Å²) in [7, 11) is 0. The van der Waals surface area contributed by atoms with Crippen LogP contribution in [-0.4, -0.2) is 51.4 Å². The second-order valence-corrected chi connectivity index (χ2v) is 8.84. The van der Waals surface area contributed by atoms with Crippen molar-refractivity contribution in [2.24, 2.45) is 0 Å². The average Bonchev–Trinajstić information content (AvgIpc) is 3.25. The van der Waals surface area contributed by atoms with E-state index in [1.807, 2.05) is 44.3 Å². The van der Waals surface area contributed by atoms with Gasteiger partial charge in [-0.3, -0.25) is 0 Å². The van der Waals surface area contributed by atoms with E-state index in [1.54, 1.807) is 4.52 Å². The Labute approximate surface area is 199 Å². The van der Waals surface area contributed by atoms with Gasteiger partial charge in [-0.05, 0) is 50.8 Å². The predicted octanol–water partition coefficient (Wildman–Crippen LogP) is 3.69. The predicted molar refractivity (Wildman–Crippen MR) is 133 cm³/mol. The van der Waals surface area contributed by atoms with Crippen LogP contribution in [0, 0.1) is 0 Å². The highest BCUT2D eigenvalue weighted by atomic mass is 16.5. The van der Waals surface area contributed by atoms with Gasteiger partial charge < -0.3 is 26.0 Å². The Bertz CT molecular complexity index is 1120. The molecule has 34 heavy (non-hydrogen) atoms. The lowest BCUT2D eigenvalue weighted by atomic mass is 10.1. The van der Waals surface area contributed by atoms with E-state index in [0.717, 1.165) is 48.4 Å². The number of aromatic nitrogens is 4. The molecule has 2 atom stereocenters. The van der Waals surface area contributed by atoms with Gasteiger partial charge in [-0.25, -0.2) is 4.79 Å². The molecule has 3 aromatic rings. The maximum atomic E-state index is 12.1. The maximum Gasteiger partial charge on any atom is 0.322 e. The van der Waals surface area contributed by atoms with Crippen LogP contribution in [0.15, 0.2) is 30.5 Å². The second-order valence-electron chi connectivity index (χ2n) is 8.84. The normalized spacial score (nSPS) is 16.9. The molecule has 2 aromatic heterocycles. The molecule has 1 aliphatic heterocycles. The minimum Gasteiger partial charge on any atom is -0.459 e. The number of para-hydroxylation sites is 1. The van der Waals surface area contributed by atoms with Gasteiger partial charge in [0.2, 0.25) is 5.95 Å². The van der Waals surface area contributed by atoms with E-state index >= 15 is 0 Å². The molecule has 1 unspecified atom stereocenters. The van der Waals surface area contributed by atoms with Crippen molar-refractivity contribution < 1.29 is 9.53 Å². The van der Waals surface area contributed by atoms with E-state index in [2.05, 4.69) is 45.2 Å². The van der Waals surface area contributed by atoms with Crippen molar-refractivity contribution in [3.8, 4) is 6.01 Å². The molecule has 0 saturated carbocycles. The second kappa shape index (κ2) is 10.7. The van der Waals surface area contributed by atoms with E-state index in [4.69, 9.17) is 9.72 Å². The molecule has 4 rings (SSSR count). The number of hydrogen-bond acceptors (Lipinski definition) is 7. The SMILES string of the molecule is CCNC(=O)Nc1ccccc1C(C)Nc1nc(O[C@@H]2CCCNC2)nc2c(C(C)C)cnn12. The quantitative estimate of drug-likeness (QED) is 0.400. The number of nitrogens with zero attached hydrogens (tertiary/aromatic N) is 4. The summed E-state index contributed by atoms with van der Waals surface area (Å²) in [6.07, 6.45) is 3.90. The first-order chi connectivity index (χ1) is 16.5. The molecule has 1 fully saturated rings. The number of anilines is 2. The summed E-state index contributed by atoms with van der Waals surface area (Å²) in [5, 5.41) is 17.1. The molecule has 182 valence electrons. The highest BCUT2D eigenvalue weighted by Gasteiger charge is 2.21. The molecular formula is C24H34N8O2. The Morgan fingerprint density at radius 2 is 2.06 bits per heavy atom. The summed E-state index contributed by atoms with van der Waals surface area (Å²) in [5.41, 5.74) is 3.41. The third kappa shape index (κ3) is 5.39. The number of piperidine rings is 1. The minimum absolute atomic E-state index is 0.0360. The zero-order chi connectivity index (χ0) is 24.1. The molecule has 0 bridgehead atoms. The first-order valence-corrected chi connectivity index (χ1v) is 12.0. The summed E-state index contributed by atoms with van der Waals surface area (Å²) >= 11 is 0. The smallest absolute Gasteiger partial charge is 0.322 e. The number of nitrogens with one attached hydrogen (secondary N) is 4. The highest BCUT2D eigenvalue weighted by Crippen LogP contribution is 2.28. The van der Waals surface area contributed by atoms with E-state index in [0.29, 0.717) is 18.5 Å². The van der Waals surface area contributed by atoms with Gasteiger partial charge in [-0.15, -0.1) is 0 Å². The van der Waals surface area contributed by atoms with Crippen molar-refractivity contribution in [2.45, 2.75) is 58.6 Å². The summed E-state index contributed by atoms with van der Waals surface area (Å²) in [6, 6.07) is 7.63. The van der Waals surface area contributed by atoms with Crippen LogP contribution in [0.4, 0.5) is 16.4 Å². The largest absolute Gasteiger partial charge is 0.459 e. The third-order valence-corrected chi connectivity index (χ3v) is 5.88. The zero-order valence-electron chi connectivity index (χ0n) is 20.3. The van der Waals surface area contributed by atoms with E-state index in [1.165, 1.54) is 0 Å². The average molecular weight is 467 g/mol. The molecular weight excluding hydrogens is 432 g/mol. The number of carbonyl (C=O) groups is 1. The maximum absolute atomic E-state index is 12.1. The van der Waals surface area contributed by atoms with Gasteiger partial charge in [0, 0.05) is 24.3 Å². The lowest BCUT2D eigenvalue weighted by Crippen LogP contribution is -2.37. The Balaban J connectivity index is 1.65. The van der Waals surface area contributed by atoms with Crippen molar-refractivity contribution in [2.75, 3.05) is 30.3 Å². The van der Waals surface area contributed by atoms with Crippen molar-refractivity contribution >= 4 is 23.3 Å². The molecule has 10 heteroatoms. The van der Waals surface area contributed by atoms with E-state index in [9.17, 15) is 4.79 Å². The van der Waals surface area contributed by atoms with Crippen LogP contribution < -0.4 is 26.0 Å². The van der Waals surface area contributed by atoms with Crippen LogP contribution in [0.2, 0.25) is 0 Å². The zero-order valence-corrected chi connectivity index (χ0v) is 20.3. The fraction of sp³-hybridized carbons (Fsp3) is 0.500. The molecule has 1 aliphatic rings. The first kappa shape index (κ1) is 23.7. The van der Waals surface area contributed by atoms with Gasteiger partial charge in [0.05, 0.1) is 12.2 Å². The summed E-state index contributed by atoms with van der Waals surface area (Å²) in [5.74, 6) is 0.792.